The van der Waals surface area contributed by atoms with Gasteiger partial charge in [0.2, 0.25) is 11.7 Å². The van der Waals surface area contributed by atoms with Gasteiger partial charge in [-0.3, -0.25) is 4.79 Å². The third-order valence-electron chi connectivity index (χ3n) is 5.48. The van der Waals surface area contributed by atoms with Crippen LogP contribution in [0, 0.1) is 0 Å². The average Bonchev–Trinajstić information content (AvgIpc) is 3.28. The van der Waals surface area contributed by atoms with Gasteiger partial charge in [0.15, 0.2) is 5.69 Å². The fourth-order valence-electron chi connectivity index (χ4n) is 3.79. The Morgan fingerprint density at radius 2 is 1.52 bits per heavy atom. The number of benzene rings is 3. The van der Waals surface area contributed by atoms with Crippen LogP contribution in [0.3, 0.4) is 0 Å². The van der Waals surface area contributed by atoms with E-state index in [1.807, 2.05) is 60.7 Å². The summed E-state index contributed by atoms with van der Waals surface area (Å²) in [5.41, 5.74) is 5.64. The Balaban J connectivity index is 1.70. The minimum atomic E-state index is -0.473. The van der Waals surface area contributed by atoms with E-state index in [-0.39, 0.29) is 5.91 Å². The zero-order valence-electron chi connectivity index (χ0n) is 17.7. The Kier molecular flexibility index (Phi) is 6.22. The van der Waals surface area contributed by atoms with Crippen LogP contribution in [-0.4, -0.2) is 16.2 Å². The Morgan fingerprint density at radius 3 is 2.10 bits per heavy atom. The highest BCUT2D eigenvalue weighted by Gasteiger charge is 2.26. The third kappa shape index (κ3) is 4.40. The van der Waals surface area contributed by atoms with Gasteiger partial charge in [0, 0.05) is 5.56 Å². The molecule has 4 aromatic rings. The lowest BCUT2D eigenvalue weighted by Gasteiger charge is -2.17. The van der Waals surface area contributed by atoms with E-state index in [1.165, 1.54) is 5.56 Å². The summed E-state index contributed by atoms with van der Waals surface area (Å²) in [7, 11) is 0. The first-order valence-electron chi connectivity index (χ1n) is 10.6. The van der Waals surface area contributed by atoms with Crippen LogP contribution in [0.2, 0.25) is 0 Å². The van der Waals surface area contributed by atoms with E-state index < -0.39 is 5.92 Å². The highest BCUT2D eigenvalue weighted by molar-refractivity contribution is 5.99. The number of carbonyl (C=O) groups excluding carboxylic acids is 1. The van der Waals surface area contributed by atoms with Crippen LogP contribution in [0.5, 0.6) is 0 Å². The Morgan fingerprint density at radius 1 is 0.871 bits per heavy atom. The normalized spacial score (nSPS) is 10.9. The molecule has 31 heavy (non-hydrogen) atoms. The molecular weight excluding hydrogens is 386 g/mol. The van der Waals surface area contributed by atoms with Gasteiger partial charge in [0.05, 0.1) is 5.92 Å². The van der Waals surface area contributed by atoms with Gasteiger partial charge in [-0.2, -0.15) is 0 Å². The lowest BCUT2D eigenvalue weighted by molar-refractivity contribution is -0.116. The quantitative estimate of drug-likeness (QED) is 0.428. The van der Waals surface area contributed by atoms with Gasteiger partial charge >= 0.3 is 0 Å². The van der Waals surface area contributed by atoms with Gasteiger partial charge in [0.25, 0.3) is 0 Å². The molecule has 156 valence electrons. The molecule has 0 bridgehead atoms. The van der Waals surface area contributed by atoms with E-state index in [1.54, 1.807) is 0 Å². The van der Waals surface area contributed by atoms with Crippen molar-refractivity contribution in [3.8, 4) is 11.3 Å². The summed E-state index contributed by atoms with van der Waals surface area (Å²) >= 11 is 0. The van der Waals surface area contributed by atoms with Crippen molar-refractivity contribution in [1.29, 1.82) is 0 Å². The van der Waals surface area contributed by atoms with Crippen LogP contribution in [-0.2, 0) is 17.6 Å². The highest BCUT2D eigenvalue weighted by atomic mass is 16.6. The second kappa shape index (κ2) is 9.39. The molecule has 0 saturated heterocycles. The lowest BCUT2D eigenvalue weighted by Crippen LogP contribution is -2.22. The van der Waals surface area contributed by atoms with E-state index in [4.69, 9.17) is 4.63 Å². The van der Waals surface area contributed by atoms with Gasteiger partial charge in [-0.05, 0) is 51.5 Å². The predicted molar refractivity (Wildman–Crippen MR) is 122 cm³/mol. The second-order valence-electron chi connectivity index (χ2n) is 7.40. The summed E-state index contributed by atoms with van der Waals surface area (Å²) in [4.78, 5) is 13.5. The predicted octanol–water partition coefficient (Wildman–Crippen LogP) is 5.63. The van der Waals surface area contributed by atoms with Crippen LogP contribution in [0.1, 0.15) is 42.0 Å². The summed E-state index contributed by atoms with van der Waals surface area (Å²) in [5, 5.41) is 11.1. The maximum absolute atomic E-state index is 13.5. The van der Waals surface area contributed by atoms with Crippen LogP contribution in [0.15, 0.2) is 83.5 Å². The number of rotatable bonds is 7. The molecule has 0 atom stereocenters. The van der Waals surface area contributed by atoms with Crippen LogP contribution in [0.25, 0.3) is 11.3 Å². The lowest BCUT2D eigenvalue weighted by atomic mass is 9.90. The van der Waals surface area contributed by atoms with Gasteiger partial charge in [-0.15, -0.1) is 0 Å². The minimum absolute atomic E-state index is 0.181. The van der Waals surface area contributed by atoms with Crippen molar-refractivity contribution in [3.63, 3.8) is 0 Å². The number of hydrogen-bond donors (Lipinski definition) is 1. The Hall–Kier alpha value is -3.73. The smallest absolute Gasteiger partial charge is 0.237 e. The average molecular weight is 412 g/mol. The molecule has 1 aromatic heterocycles. The maximum Gasteiger partial charge on any atom is 0.237 e. The second-order valence-corrected chi connectivity index (χ2v) is 7.40. The van der Waals surface area contributed by atoms with Crippen molar-refractivity contribution in [2.45, 2.75) is 32.6 Å². The van der Waals surface area contributed by atoms with Crippen molar-refractivity contribution >= 4 is 11.7 Å². The summed E-state index contributed by atoms with van der Waals surface area (Å²) in [6, 6.07) is 25.8. The maximum atomic E-state index is 13.5. The van der Waals surface area contributed by atoms with Crippen LogP contribution >= 0.6 is 0 Å². The SMILES string of the molecule is CCc1ccc(CC)c(-c2nonc2NC(=O)C(c2ccccc2)c2ccccc2)c1. The number of anilines is 1. The summed E-state index contributed by atoms with van der Waals surface area (Å²) in [6.45, 7) is 4.20. The summed E-state index contributed by atoms with van der Waals surface area (Å²) in [5.74, 6) is -0.316. The van der Waals surface area contributed by atoms with Gasteiger partial charge in [-0.25, -0.2) is 4.63 Å². The zero-order valence-corrected chi connectivity index (χ0v) is 17.7. The van der Waals surface area contributed by atoms with E-state index in [9.17, 15) is 4.79 Å². The molecule has 0 saturated carbocycles. The molecule has 0 aliphatic heterocycles. The molecule has 0 unspecified atom stereocenters. The molecule has 0 aliphatic rings. The molecule has 1 heterocycles. The fourth-order valence-corrected chi connectivity index (χ4v) is 3.79. The minimum Gasteiger partial charge on any atom is -0.305 e. The number of nitrogens with one attached hydrogen (secondary N) is 1. The van der Waals surface area contributed by atoms with Crippen molar-refractivity contribution in [2.24, 2.45) is 0 Å². The zero-order chi connectivity index (χ0) is 21.6. The molecule has 3 aromatic carbocycles. The van der Waals surface area contributed by atoms with Crippen molar-refractivity contribution in [1.82, 2.24) is 10.3 Å². The van der Waals surface area contributed by atoms with E-state index in [0.717, 1.165) is 35.1 Å². The van der Waals surface area contributed by atoms with E-state index in [0.29, 0.717) is 11.5 Å². The molecule has 4 rings (SSSR count). The van der Waals surface area contributed by atoms with Gasteiger partial charge < -0.3 is 5.32 Å². The monoisotopic (exact) mass is 411 g/mol. The fraction of sp³-hybridized carbons (Fsp3) is 0.192. The van der Waals surface area contributed by atoms with E-state index in [2.05, 4.69) is 47.7 Å². The van der Waals surface area contributed by atoms with E-state index >= 15 is 0 Å². The standard InChI is InChI=1S/C26H25N3O2/c1-3-18-15-16-19(4-2)22(17-18)24-25(29-31-28-24)27-26(30)23(20-11-7-5-8-12-20)21-13-9-6-10-14-21/h5-17,23H,3-4H2,1-2H3,(H,27,29,30). The number of aryl methyl sites for hydroxylation is 2. The number of hydrogen-bond acceptors (Lipinski definition) is 4. The topological polar surface area (TPSA) is 68.0 Å². The summed E-state index contributed by atoms with van der Waals surface area (Å²) < 4.78 is 5.05. The number of aromatic nitrogens is 2. The van der Waals surface area contributed by atoms with Gasteiger partial charge in [0.1, 0.15) is 0 Å². The Bertz CT molecular complexity index is 1110. The molecule has 1 N–H and O–H groups in total. The first-order valence-corrected chi connectivity index (χ1v) is 10.6. The molecule has 0 aliphatic carbocycles. The molecular formula is C26H25N3O2. The first-order chi connectivity index (χ1) is 15.2. The molecule has 0 radical (unpaired) electrons. The molecule has 1 amide bonds. The van der Waals surface area contributed by atoms with Gasteiger partial charge in [-0.1, -0.05) is 86.6 Å². The number of nitrogens with zero attached hydrogens (tertiary/aromatic N) is 2. The molecule has 5 nitrogen and oxygen atoms in total. The van der Waals surface area contributed by atoms with Crippen LogP contribution in [0.4, 0.5) is 5.82 Å². The molecule has 0 fully saturated rings. The number of carbonyl (C=O) groups is 1. The third-order valence-corrected chi connectivity index (χ3v) is 5.48. The van der Waals surface area contributed by atoms with Crippen LogP contribution < -0.4 is 5.32 Å². The summed E-state index contributed by atoms with van der Waals surface area (Å²) in [6.07, 6.45) is 1.75. The Labute approximate surface area is 182 Å². The molecule has 0 spiro atoms. The number of amides is 1. The van der Waals surface area contributed by atoms with Crippen molar-refractivity contribution < 1.29 is 9.42 Å². The van der Waals surface area contributed by atoms with Crippen molar-refractivity contribution in [3.05, 3.63) is 101 Å². The largest absolute Gasteiger partial charge is 0.305 e. The van der Waals surface area contributed by atoms with Crippen molar-refractivity contribution in [2.75, 3.05) is 5.32 Å². The first kappa shape index (κ1) is 20.5. The molecule has 5 heteroatoms. The highest BCUT2D eigenvalue weighted by Crippen LogP contribution is 2.31.